The molecule has 0 bridgehead atoms. The molecule has 0 saturated heterocycles. The van der Waals surface area contributed by atoms with Gasteiger partial charge < -0.3 is 16.0 Å². The van der Waals surface area contributed by atoms with Gasteiger partial charge in [0.2, 0.25) is 5.91 Å². The Morgan fingerprint density at radius 2 is 2.14 bits per heavy atom. The van der Waals surface area contributed by atoms with Crippen LogP contribution in [0.2, 0.25) is 0 Å². The highest BCUT2D eigenvalue weighted by molar-refractivity contribution is 5.81. The molecule has 0 spiro atoms. The number of hydrogen-bond donors (Lipinski definition) is 2. The molecule has 1 aromatic carbocycles. The van der Waals surface area contributed by atoms with E-state index >= 15 is 0 Å². The predicted molar refractivity (Wildman–Crippen MR) is 87.4 cm³/mol. The maximum Gasteiger partial charge on any atom is 0.236 e. The number of carbonyl (C=O) groups is 1. The van der Waals surface area contributed by atoms with E-state index in [0.29, 0.717) is 12.5 Å². The van der Waals surface area contributed by atoms with Crippen molar-refractivity contribution in [3.8, 4) is 0 Å². The minimum absolute atomic E-state index is 0.0227. The molecule has 0 radical (unpaired) electrons. The molecule has 0 fully saturated rings. The van der Waals surface area contributed by atoms with Gasteiger partial charge in [0, 0.05) is 25.3 Å². The van der Waals surface area contributed by atoms with Crippen molar-refractivity contribution in [2.75, 3.05) is 24.5 Å². The van der Waals surface area contributed by atoms with Crippen LogP contribution in [0.1, 0.15) is 32.3 Å². The number of para-hydroxylation sites is 1. The summed E-state index contributed by atoms with van der Waals surface area (Å²) >= 11 is 0. The van der Waals surface area contributed by atoms with Crippen LogP contribution in [-0.4, -0.2) is 31.6 Å². The minimum atomic E-state index is -0.377. The Balaban J connectivity index is 1.68. The Morgan fingerprint density at radius 1 is 1.38 bits per heavy atom. The summed E-state index contributed by atoms with van der Waals surface area (Å²) < 4.78 is 0. The van der Waals surface area contributed by atoms with Crippen LogP contribution in [0.4, 0.5) is 5.69 Å². The van der Waals surface area contributed by atoms with E-state index in [-0.39, 0.29) is 11.9 Å². The van der Waals surface area contributed by atoms with Gasteiger partial charge in [-0.25, -0.2) is 0 Å². The van der Waals surface area contributed by atoms with Crippen molar-refractivity contribution < 1.29 is 4.79 Å². The van der Waals surface area contributed by atoms with Gasteiger partial charge in [0.1, 0.15) is 0 Å². The second-order valence-corrected chi connectivity index (χ2v) is 6.25. The van der Waals surface area contributed by atoms with Gasteiger partial charge in [0.05, 0.1) is 6.04 Å². The highest BCUT2D eigenvalue weighted by Crippen LogP contribution is 2.27. The first-order chi connectivity index (χ1) is 10.1. The van der Waals surface area contributed by atoms with Gasteiger partial charge in [-0.05, 0) is 36.8 Å². The summed E-state index contributed by atoms with van der Waals surface area (Å²) in [7, 11) is 0. The first-order valence-corrected chi connectivity index (χ1v) is 7.94. The van der Waals surface area contributed by atoms with Gasteiger partial charge >= 0.3 is 0 Å². The SMILES string of the molecule is CC(C)C[C@H](N)C(=O)NCCCN1CCc2ccccc21. The Morgan fingerprint density at radius 3 is 2.90 bits per heavy atom. The van der Waals surface area contributed by atoms with Gasteiger partial charge in [-0.15, -0.1) is 0 Å². The number of carbonyl (C=O) groups excluding carboxylic acids is 1. The zero-order chi connectivity index (χ0) is 15.2. The van der Waals surface area contributed by atoms with Crippen molar-refractivity contribution in [3.63, 3.8) is 0 Å². The van der Waals surface area contributed by atoms with Crippen LogP contribution in [0.25, 0.3) is 0 Å². The summed E-state index contributed by atoms with van der Waals surface area (Å²) in [5.74, 6) is 0.428. The van der Waals surface area contributed by atoms with Crippen molar-refractivity contribution in [2.24, 2.45) is 11.7 Å². The molecule has 4 nitrogen and oxygen atoms in total. The van der Waals surface area contributed by atoms with E-state index in [1.807, 2.05) is 0 Å². The molecule has 1 heterocycles. The predicted octanol–water partition coefficient (Wildman–Crippen LogP) is 1.93. The van der Waals surface area contributed by atoms with Crippen molar-refractivity contribution in [1.82, 2.24) is 5.32 Å². The lowest BCUT2D eigenvalue weighted by atomic mass is 10.0. The number of nitrogens with one attached hydrogen (secondary N) is 1. The third-order valence-electron chi connectivity index (χ3n) is 3.95. The summed E-state index contributed by atoms with van der Waals surface area (Å²) in [4.78, 5) is 14.2. The molecule has 1 aromatic rings. The molecule has 21 heavy (non-hydrogen) atoms. The maximum atomic E-state index is 11.8. The summed E-state index contributed by atoms with van der Waals surface area (Å²) in [5, 5.41) is 2.95. The minimum Gasteiger partial charge on any atom is -0.371 e. The van der Waals surface area contributed by atoms with Crippen molar-refractivity contribution >= 4 is 11.6 Å². The molecule has 1 aliphatic rings. The third kappa shape index (κ3) is 4.46. The van der Waals surface area contributed by atoms with Gasteiger partial charge in [-0.2, -0.15) is 0 Å². The van der Waals surface area contributed by atoms with E-state index in [1.165, 1.54) is 11.3 Å². The van der Waals surface area contributed by atoms with Crippen molar-refractivity contribution in [3.05, 3.63) is 29.8 Å². The number of rotatable bonds is 7. The molecule has 0 aliphatic carbocycles. The highest BCUT2D eigenvalue weighted by atomic mass is 16.2. The summed E-state index contributed by atoms with van der Waals surface area (Å²) in [6.07, 6.45) is 2.82. The summed E-state index contributed by atoms with van der Waals surface area (Å²) in [5.41, 5.74) is 8.64. The van der Waals surface area contributed by atoms with E-state index in [9.17, 15) is 4.79 Å². The summed E-state index contributed by atoms with van der Waals surface area (Å²) in [6.45, 7) is 6.93. The van der Waals surface area contributed by atoms with E-state index in [0.717, 1.165) is 32.4 Å². The van der Waals surface area contributed by atoms with Gasteiger partial charge in [-0.3, -0.25) is 4.79 Å². The topological polar surface area (TPSA) is 58.4 Å². The zero-order valence-corrected chi connectivity index (χ0v) is 13.1. The number of anilines is 1. The fraction of sp³-hybridized carbons (Fsp3) is 0.588. The van der Waals surface area contributed by atoms with Crippen LogP contribution in [-0.2, 0) is 11.2 Å². The molecule has 4 heteroatoms. The van der Waals surface area contributed by atoms with E-state index in [4.69, 9.17) is 5.73 Å². The lowest BCUT2D eigenvalue weighted by Gasteiger charge is -2.20. The molecule has 3 N–H and O–H groups in total. The normalized spacial score (nSPS) is 15.1. The smallest absolute Gasteiger partial charge is 0.236 e. The van der Waals surface area contributed by atoms with Gasteiger partial charge in [-0.1, -0.05) is 32.0 Å². The summed E-state index contributed by atoms with van der Waals surface area (Å²) in [6, 6.07) is 8.18. The first kappa shape index (κ1) is 15.8. The number of fused-ring (bicyclic) bond motifs is 1. The van der Waals surface area contributed by atoms with Gasteiger partial charge in [0.25, 0.3) is 0 Å². The molecule has 0 saturated carbocycles. The van der Waals surface area contributed by atoms with E-state index in [2.05, 4.69) is 48.3 Å². The van der Waals surface area contributed by atoms with Crippen molar-refractivity contribution in [1.29, 1.82) is 0 Å². The average molecular weight is 289 g/mol. The molecule has 2 rings (SSSR count). The molecule has 0 unspecified atom stereocenters. The van der Waals surface area contributed by atoms with Gasteiger partial charge in [0.15, 0.2) is 0 Å². The second-order valence-electron chi connectivity index (χ2n) is 6.25. The van der Waals surface area contributed by atoms with E-state index in [1.54, 1.807) is 0 Å². The zero-order valence-electron chi connectivity index (χ0n) is 13.1. The molecular weight excluding hydrogens is 262 g/mol. The molecular formula is C17H27N3O. The van der Waals surface area contributed by atoms with Crippen molar-refractivity contribution in [2.45, 2.75) is 39.2 Å². The van der Waals surface area contributed by atoms with Crippen LogP contribution in [0.3, 0.4) is 0 Å². The lowest BCUT2D eigenvalue weighted by molar-refractivity contribution is -0.122. The van der Waals surface area contributed by atoms with E-state index < -0.39 is 0 Å². The quantitative estimate of drug-likeness (QED) is 0.754. The Bertz CT molecular complexity index is 473. The molecule has 1 aliphatic heterocycles. The number of amides is 1. The number of nitrogens with zero attached hydrogens (tertiary/aromatic N) is 1. The van der Waals surface area contributed by atoms with Crippen LogP contribution in [0, 0.1) is 5.92 Å². The standard InChI is InChI=1S/C17H27N3O/c1-13(2)12-15(18)17(21)19-9-5-10-20-11-8-14-6-3-4-7-16(14)20/h3-4,6-7,13,15H,5,8-12,18H2,1-2H3,(H,19,21)/t15-/m0/s1. The fourth-order valence-electron chi connectivity index (χ4n) is 2.87. The highest BCUT2D eigenvalue weighted by Gasteiger charge is 2.18. The Hall–Kier alpha value is -1.55. The number of hydrogen-bond acceptors (Lipinski definition) is 3. The molecule has 1 amide bonds. The fourth-order valence-corrected chi connectivity index (χ4v) is 2.87. The van der Waals surface area contributed by atoms with Crippen LogP contribution in [0.5, 0.6) is 0 Å². The maximum absolute atomic E-state index is 11.8. The largest absolute Gasteiger partial charge is 0.371 e. The number of benzene rings is 1. The van der Waals surface area contributed by atoms with Crippen LogP contribution < -0.4 is 16.0 Å². The average Bonchev–Trinajstić information content (AvgIpc) is 2.86. The Labute approximate surface area is 127 Å². The first-order valence-electron chi connectivity index (χ1n) is 7.94. The van der Waals surface area contributed by atoms with Crippen LogP contribution in [0.15, 0.2) is 24.3 Å². The molecule has 1 atom stereocenters. The second kappa shape index (κ2) is 7.46. The molecule has 0 aromatic heterocycles. The molecule has 116 valence electrons. The van der Waals surface area contributed by atoms with Crippen LogP contribution >= 0.6 is 0 Å². The lowest BCUT2D eigenvalue weighted by Crippen LogP contribution is -2.42. The Kier molecular flexibility index (Phi) is 5.62. The number of nitrogens with two attached hydrogens (primary N) is 1. The third-order valence-corrected chi connectivity index (χ3v) is 3.95. The monoisotopic (exact) mass is 289 g/mol.